The Morgan fingerprint density at radius 3 is 1.80 bits per heavy atom. The van der Waals surface area contributed by atoms with E-state index in [1.807, 2.05) is 18.2 Å². The first-order valence-electron chi connectivity index (χ1n) is 18.6. The molecular weight excluding hydrogens is 673 g/mol. The fourth-order valence-corrected chi connectivity index (χ4v) is 8.71. The summed E-state index contributed by atoms with van der Waals surface area (Å²) in [5.74, 6) is 0.613. The maximum atomic E-state index is 6.86. The van der Waals surface area contributed by atoms with Gasteiger partial charge in [0.1, 0.15) is 11.2 Å². The quantitative estimate of drug-likeness (QED) is 0.183. The van der Waals surface area contributed by atoms with Crippen LogP contribution in [0.3, 0.4) is 0 Å². The smallest absolute Gasteiger partial charge is 0.235 e. The predicted molar refractivity (Wildman–Crippen MR) is 226 cm³/mol. The first kappa shape index (κ1) is 30.0. The molecule has 55 heavy (non-hydrogen) atoms. The second kappa shape index (κ2) is 11.5. The molecule has 8 aromatic carbocycles. The van der Waals surface area contributed by atoms with Crippen LogP contribution in [0.5, 0.6) is 0 Å². The summed E-state index contributed by atoms with van der Waals surface area (Å²) in [6.07, 6.45) is 0. The van der Waals surface area contributed by atoms with Gasteiger partial charge in [0.05, 0.1) is 38.7 Å². The summed E-state index contributed by atoms with van der Waals surface area (Å²) >= 11 is 0. The molecule has 0 unspecified atom stereocenters. The molecule has 0 aliphatic rings. The van der Waals surface area contributed by atoms with Crippen LogP contribution in [-0.2, 0) is 0 Å². The summed E-state index contributed by atoms with van der Waals surface area (Å²) < 4.78 is 11.5. The number of rotatable bonds is 4. The number of para-hydroxylation sites is 3. The molecule has 256 valence electrons. The average Bonchev–Trinajstić information content (AvgIpc) is 3.92. The lowest BCUT2D eigenvalue weighted by Crippen LogP contribution is -2.03. The van der Waals surface area contributed by atoms with E-state index in [4.69, 9.17) is 14.4 Å². The Labute approximate surface area is 315 Å². The predicted octanol–water partition coefficient (Wildman–Crippen LogP) is 13.1. The Balaban J connectivity index is 1.25. The van der Waals surface area contributed by atoms with Gasteiger partial charge in [-0.3, -0.25) is 4.57 Å². The van der Waals surface area contributed by atoms with Crippen LogP contribution >= 0.6 is 0 Å². The lowest BCUT2D eigenvalue weighted by molar-refractivity contribution is 0.673. The van der Waals surface area contributed by atoms with Crippen LogP contribution in [0.2, 0.25) is 0 Å². The van der Waals surface area contributed by atoms with Crippen molar-refractivity contribution >= 4 is 76.5 Å². The Hall–Kier alpha value is -7.50. The zero-order valence-corrected chi connectivity index (χ0v) is 29.5. The SMILES string of the molecule is c1ccc(-c2ccc(-n3c4ccccc4c4ccc5c(c6c7oc8ccccc8c7ccc6n5-c5nc(-c6ccccc6)c6ccccc6n5)c43)cc2)cc1. The molecule has 0 saturated carbocycles. The molecule has 4 heterocycles. The Bertz CT molecular complexity index is 3470. The van der Waals surface area contributed by atoms with E-state index in [0.29, 0.717) is 5.95 Å². The first-order valence-corrected chi connectivity index (χ1v) is 18.6. The fraction of sp³-hybridized carbons (Fsp3) is 0. The van der Waals surface area contributed by atoms with Crippen molar-refractivity contribution in [1.82, 2.24) is 19.1 Å². The minimum absolute atomic E-state index is 0.613. The van der Waals surface area contributed by atoms with Crippen molar-refractivity contribution in [2.24, 2.45) is 0 Å². The molecule has 12 aromatic rings. The second-order valence-corrected chi connectivity index (χ2v) is 14.1. The molecule has 5 nitrogen and oxygen atoms in total. The molecule has 4 aromatic heterocycles. The number of aromatic nitrogens is 4. The van der Waals surface area contributed by atoms with E-state index in [9.17, 15) is 0 Å². The molecule has 0 saturated heterocycles. The van der Waals surface area contributed by atoms with E-state index >= 15 is 0 Å². The molecule has 0 atom stereocenters. The Morgan fingerprint density at radius 2 is 1.00 bits per heavy atom. The highest BCUT2D eigenvalue weighted by molar-refractivity contribution is 6.32. The zero-order chi connectivity index (χ0) is 36.0. The Kier molecular flexibility index (Phi) is 6.27. The van der Waals surface area contributed by atoms with Gasteiger partial charge in [-0.2, -0.15) is 0 Å². The van der Waals surface area contributed by atoms with Gasteiger partial charge in [0, 0.05) is 43.6 Å². The third-order valence-electron chi connectivity index (χ3n) is 11.1. The number of furan rings is 1. The molecule has 0 bridgehead atoms. The number of hydrogen-bond acceptors (Lipinski definition) is 3. The molecule has 0 radical (unpaired) electrons. The van der Waals surface area contributed by atoms with Crippen LogP contribution in [0, 0.1) is 0 Å². The van der Waals surface area contributed by atoms with E-state index < -0.39 is 0 Å². The van der Waals surface area contributed by atoms with Crippen LogP contribution in [0.25, 0.3) is 110 Å². The van der Waals surface area contributed by atoms with Gasteiger partial charge in [-0.1, -0.05) is 133 Å². The minimum atomic E-state index is 0.613. The molecule has 0 aliphatic carbocycles. The third kappa shape index (κ3) is 4.35. The van der Waals surface area contributed by atoms with Crippen LogP contribution in [0.4, 0.5) is 0 Å². The first-order chi connectivity index (χ1) is 27.3. The number of nitrogens with zero attached hydrogens (tertiary/aromatic N) is 4. The maximum absolute atomic E-state index is 6.86. The van der Waals surface area contributed by atoms with Gasteiger partial charge >= 0.3 is 0 Å². The van der Waals surface area contributed by atoms with Crippen molar-refractivity contribution in [2.45, 2.75) is 0 Å². The van der Waals surface area contributed by atoms with Crippen molar-refractivity contribution < 1.29 is 4.42 Å². The number of hydrogen-bond donors (Lipinski definition) is 0. The van der Waals surface area contributed by atoms with Crippen LogP contribution in [0.1, 0.15) is 0 Å². The summed E-state index contributed by atoms with van der Waals surface area (Å²) in [5.41, 5.74) is 12.3. The lowest BCUT2D eigenvalue weighted by atomic mass is 10.0. The van der Waals surface area contributed by atoms with E-state index in [1.165, 1.54) is 21.9 Å². The topological polar surface area (TPSA) is 48.8 Å². The summed E-state index contributed by atoms with van der Waals surface area (Å²) in [7, 11) is 0. The van der Waals surface area contributed by atoms with Gasteiger partial charge in [-0.25, -0.2) is 9.97 Å². The standard InChI is InChI=1S/C50H30N4O/c1-3-13-31(14-4-1)32-23-25-34(26-24-32)53-41-21-11-8-17-35(41)37-27-29-42-45(48(37)53)46-43(30-28-38-36-18-9-12-22-44(36)55-49(38)46)54(42)50-51-40-20-10-7-19-39(40)47(52-50)33-15-5-2-6-16-33/h1-30H. The third-order valence-corrected chi connectivity index (χ3v) is 11.1. The van der Waals surface area contributed by atoms with Gasteiger partial charge in [0.2, 0.25) is 5.95 Å². The van der Waals surface area contributed by atoms with Crippen molar-refractivity contribution in [3.05, 3.63) is 182 Å². The highest BCUT2D eigenvalue weighted by Gasteiger charge is 2.25. The van der Waals surface area contributed by atoms with Crippen LogP contribution in [0.15, 0.2) is 186 Å². The van der Waals surface area contributed by atoms with Crippen molar-refractivity contribution in [3.63, 3.8) is 0 Å². The van der Waals surface area contributed by atoms with Crippen molar-refractivity contribution in [2.75, 3.05) is 0 Å². The Morgan fingerprint density at radius 1 is 0.382 bits per heavy atom. The molecule has 5 heteroatoms. The van der Waals surface area contributed by atoms with E-state index in [-0.39, 0.29) is 0 Å². The molecule has 0 N–H and O–H groups in total. The maximum Gasteiger partial charge on any atom is 0.235 e. The minimum Gasteiger partial charge on any atom is -0.455 e. The van der Waals surface area contributed by atoms with Crippen LogP contribution < -0.4 is 0 Å². The number of fused-ring (bicyclic) bond motifs is 12. The van der Waals surface area contributed by atoms with Gasteiger partial charge in [-0.05, 0) is 59.7 Å². The van der Waals surface area contributed by atoms with E-state index in [2.05, 4.69) is 173 Å². The fourth-order valence-electron chi connectivity index (χ4n) is 8.71. The number of benzene rings is 8. The van der Waals surface area contributed by atoms with Crippen molar-refractivity contribution in [1.29, 1.82) is 0 Å². The zero-order valence-electron chi connectivity index (χ0n) is 29.5. The summed E-state index contributed by atoms with van der Waals surface area (Å²) in [6.45, 7) is 0. The average molecular weight is 703 g/mol. The van der Waals surface area contributed by atoms with Gasteiger partial charge in [0.25, 0.3) is 0 Å². The summed E-state index contributed by atoms with van der Waals surface area (Å²) in [6, 6.07) is 64.1. The van der Waals surface area contributed by atoms with Crippen LogP contribution in [-0.4, -0.2) is 19.1 Å². The van der Waals surface area contributed by atoms with E-state index in [1.54, 1.807) is 0 Å². The molecule has 0 amide bonds. The largest absolute Gasteiger partial charge is 0.455 e. The molecule has 0 aliphatic heterocycles. The molecule has 0 spiro atoms. The van der Waals surface area contributed by atoms with Gasteiger partial charge in [-0.15, -0.1) is 0 Å². The van der Waals surface area contributed by atoms with Gasteiger partial charge in [0.15, 0.2) is 0 Å². The molecule has 0 fully saturated rings. The van der Waals surface area contributed by atoms with Crippen molar-refractivity contribution in [3.8, 4) is 34.0 Å². The second-order valence-electron chi connectivity index (χ2n) is 14.1. The highest BCUT2D eigenvalue weighted by atomic mass is 16.3. The monoisotopic (exact) mass is 702 g/mol. The normalized spacial score (nSPS) is 12.0. The lowest BCUT2D eigenvalue weighted by Gasteiger charge is -2.12. The summed E-state index contributed by atoms with van der Waals surface area (Å²) in [4.78, 5) is 10.7. The molecular formula is C50H30N4O. The highest BCUT2D eigenvalue weighted by Crippen LogP contribution is 2.46. The van der Waals surface area contributed by atoms with Gasteiger partial charge < -0.3 is 8.98 Å². The molecule has 12 rings (SSSR count). The summed E-state index contributed by atoms with van der Waals surface area (Å²) in [5, 5.41) is 7.69. The van der Waals surface area contributed by atoms with E-state index in [0.717, 1.165) is 82.6 Å².